The lowest BCUT2D eigenvalue weighted by Crippen LogP contribution is -2.42. The molecular weight excluding hydrogens is 316 g/mol. The summed E-state index contributed by atoms with van der Waals surface area (Å²) >= 11 is 0. The van der Waals surface area contributed by atoms with Crippen molar-refractivity contribution in [3.8, 4) is 0 Å². The average molecular weight is 342 g/mol. The maximum atomic E-state index is 12.0. The number of esters is 1. The van der Waals surface area contributed by atoms with E-state index < -0.39 is 11.6 Å². The van der Waals surface area contributed by atoms with Crippen LogP contribution in [0.4, 0.5) is 0 Å². The Morgan fingerprint density at radius 3 is 2.88 bits per heavy atom. The van der Waals surface area contributed by atoms with Crippen molar-refractivity contribution in [2.45, 2.75) is 57.3 Å². The number of likely N-dealkylation sites (N-methyl/N-ethyl adjacent to an activating group) is 1. The predicted molar refractivity (Wildman–Crippen MR) is 96.5 cm³/mol. The number of aromatic nitrogens is 1. The fourth-order valence-corrected chi connectivity index (χ4v) is 4.74. The molecule has 3 atom stereocenters. The molecule has 1 aromatic carbocycles. The smallest absolute Gasteiger partial charge is 0.339 e. The van der Waals surface area contributed by atoms with Crippen molar-refractivity contribution in [1.29, 1.82) is 0 Å². The third kappa shape index (κ3) is 2.41. The molecule has 0 saturated carbocycles. The maximum Gasteiger partial charge on any atom is 0.339 e. The monoisotopic (exact) mass is 342 g/mol. The number of aliphatic hydroxyl groups is 1. The molecule has 0 aliphatic carbocycles. The molecule has 4 rings (SSSR count). The molecule has 2 aromatic rings. The van der Waals surface area contributed by atoms with Gasteiger partial charge >= 0.3 is 5.97 Å². The molecule has 2 aliphatic rings. The number of ether oxygens (including phenoxy) is 1. The van der Waals surface area contributed by atoms with Gasteiger partial charge in [-0.05, 0) is 51.4 Å². The second-order valence-electron chi connectivity index (χ2n) is 7.85. The highest BCUT2D eigenvalue weighted by atomic mass is 16.5. The van der Waals surface area contributed by atoms with Gasteiger partial charge in [0.05, 0.1) is 13.7 Å². The van der Waals surface area contributed by atoms with Crippen molar-refractivity contribution in [1.82, 2.24) is 9.47 Å². The standard InChI is InChI=1S/C20H26N2O3/c1-12-5-7-15-14(9-12)18-16-8-6-13(21(16)3)10-17(18)22(15)11-20(2,24)19(23)25-4/h5,7,9,13,16,24H,6,8,10-11H2,1-4H3. The third-order valence-electron chi connectivity index (χ3n) is 6.06. The molecule has 1 fully saturated rings. The Bertz CT molecular complexity index is 852. The van der Waals surface area contributed by atoms with Gasteiger partial charge in [0, 0.05) is 35.1 Å². The summed E-state index contributed by atoms with van der Waals surface area (Å²) in [5.41, 5.74) is 3.45. The Kier molecular flexibility index (Phi) is 3.71. The topological polar surface area (TPSA) is 54.7 Å². The minimum absolute atomic E-state index is 0.220. The summed E-state index contributed by atoms with van der Waals surface area (Å²) in [5.74, 6) is -0.592. The van der Waals surface area contributed by atoms with E-state index in [0.717, 1.165) is 11.9 Å². The molecule has 2 bridgehead atoms. The summed E-state index contributed by atoms with van der Waals surface area (Å²) in [4.78, 5) is 14.5. The molecule has 1 N–H and O–H groups in total. The third-order valence-corrected chi connectivity index (χ3v) is 6.06. The number of rotatable bonds is 3. The Hall–Kier alpha value is -1.85. The minimum Gasteiger partial charge on any atom is -0.467 e. The van der Waals surface area contributed by atoms with E-state index in [1.54, 1.807) is 0 Å². The van der Waals surface area contributed by atoms with E-state index in [2.05, 4.69) is 41.6 Å². The van der Waals surface area contributed by atoms with Crippen molar-refractivity contribution < 1.29 is 14.6 Å². The molecule has 2 aliphatic heterocycles. The summed E-state index contributed by atoms with van der Waals surface area (Å²) in [6.45, 7) is 3.87. The van der Waals surface area contributed by atoms with Gasteiger partial charge in [-0.3, -0.25) is 4.90 Å². The number of methoxy groups -OCH3 is 1. The fraction of sp³-hybridized carbons (Fsp3) is 0.550. The zero-order chi connectivity index (χ0) is 17.9. The van der Waals surface area contributed by atoms with Crippen LogP contribution in [-0.2, 0) is 22.5 Å². The van der Waals surface area contributed by atoms with Crippen LogP contribution in [-0.4, -0.2) is 46.3 Å². The summed E-state index contributed by atoms with van der Waals surface area (Å²) in [6, 6.07) is 7.43. The lowest BCUT2D eigenvalue weighted by Gasteiger charge is -2.33. The summed E-state index contributed by atoms with van der Waals surface area (Å²) in [6.07, 6.45) is 3.35. The van der Waals surface area contributed by atoms with Crippen LogP contribution in [0.15, 0.2) is 18.2 Å². The Labute approximate surface area is 148 Å². The Balaban J connectivity index is 1.91. The van der Waals surface area contributed by atoms with E-state index in [9.17, 15) is 9.90 Å². The van der Waals surface area contributed by atoms with Crippen molar-refractivity contribution >= 4 is 16.9 Å². The molecule has 5 nitrogen and oxygen atoms in total. The van der Waals surface area contributed by atoms with Crippen molar-refractivity contribution in [2.75, 3.05) is 14.2 Å². The lowest BCUT2D eigenvalue weighted by molar-refractivity contribution is -0.161. The van der Waals surface area contributed by atoms with Gasteiger partial charge in [-0.2, -0.15) is 0 Å². The largest absolute Gasteiger partial charge is 0.467 e. The average Bonchev–Trinajstić information content (AvgIpc) is 2.97. The number of carbonyl (C=O) groups excluding carboxylic acids is 1. The maximum absolute atomic E-state index is 12.0. The molecule has 3 unspecified atom stereocenters. The summed E-state index contributed by atoms with van der Waals surface area (Å²) in [5, 5.41) is 11.9. The van der Waals surface area contributed by atoms with Crippen LogP contribution in [0, 0.1) is 6.92 Å². The van der Waals surface area contributed by atoms with Crippen molar-refractivity contribution in [3.63, 3.8) is 0 Å². The van der Waals surface area contributed by atoms with Crippen LogP contribution >= 0.6 is 0 Å². The highest BCUT2D eigenvalue weighted by Crippen LogP contribution is 2.47. The minimum atomic E-state index is -1.54. The van der Waals surface area contributed by atoms with E-state index in [0.29, 0.717) is 12.1 Å². The second-order valence-corrected chi connectivity index (χ2v) is 7.85. The second kappa shape index (κ2) is 5.58. The van der Waals surface area contributed by atoms with Gasteiger partial charge in [-0.1, -0.05) is 11.6 Å². The number of benzene rings is 1. The van der Waals surface area contributed by atoms with Crippen molar-refractivity contribution in [2.24, 2.45) is 0 Å². The molecule has 0 spiro atoms. The van der Waals surface area contributed by atoms with E-state index in [1.165, 1.54) is 49.1 Å². The number of hydrogen-bond acceptors (Lipinski definition) is 4. The number of fused-ring (bicyclic) bond motifs is 6. The van der Waals surface area contributed by atoms with Crippen LogP contribution < -0.4 is 0 Å². The van der Waals surface area contributed by atoms with Gasteiger partial charge in [0.15, 0.2) is 5.60 Å². The first-order valence-corrected chi connectivity index (χ1v) is 8.98. The SMILES string of the molecule is COC(=O)C(C)(O)Cn1c2c(c3cc(C)ccc31)C1CCC(C2)N1C. The normalized spacial score (nSPS) is 25.0. The number of nitrogens with zero attached hydrogens (tertiary/aromatic N) is 2. The zero-order valence-corrected chi connectivity index (χ0v) is 15.4. The Morgan fingerprint density at radius 2 is 2.16 bits per heavy atom. The first-order valence-electron chi connectivity index (χ1n) is 8.98. The number of aryl methyl sites for hydroxylation is 1. The van der Waals surface area contributed by atoms with E-state index in [4.69, 9.17) is 4.74 Å². The number of hydrogen-bond donors (Lipinski definition) is 1. The van der Waals surface area contributed by atoms with Gasteiger partial charge in [-0.15, -0.1) is 0 Å². The van der Waals surface area contributed by atoms with Gasteiger partial charge < -0.3 is 14.4 Å². The van der Waals surface area contributed by atoms with Gasteiger partial charge in [-0.25, -0.2) is 4.79 Å². The first-order chi connectivity index (χ1) is 11.8. The molecule has 25 heavy (non-hydrogen) atoms. The zero-order valence-electron chi connectivity index (χ0n) is 15.4. The summed E-state index contributed by atoms with van der Waals surface area (Å²) < 4.78 is 6.95. The number of carbonyl (C=O) groups is 1. The van der Waals surface area contributed by atoms with E-state index >= 15 is 0 Å². The molecule has 0 radical (unpaired) electrons. The molecule has 5 heteroatoms. The molecule has 0 amide bonds. The van der Waals surface area contributed by atoms with Crippen LogP contribution in [0.2, 0.25) is 0 Å². The van der Waals surface area contributed by atoms with E-state index in [-0.39, 0.29) is 6.54 Å². The fourth-order valence-electron chi connectivity index (χ4n) is 4.74. The van der Waals surface area contributed by atoms with Gasteiger partial charge in [0.1, 0.15) is 0 Å². The Morgan fingerprint density at radius 1 is 1.40 bits per heavy atom. The van der Waals surface area contributed by atoms with Crippen LogP contribution in [0.25, 0.3) is 10.9 Å². The van der Waals surface area contributed by atoms with Gasteiger partial charge in [0.25, 0.3) is 0 Å². The van der Waals surface area contributed by atoms with Gasteiger partial charge in [0.2, 0.25) is 0 Å². The molecule has 134 valence electrons. The quantitative estimate of drug-likeness (QED) is 0.871. The first kappa shape index (κ1) is 16.6. The highest BCUT2D eigenvalue weighted by Gasteiger charge is 2.42. The molecule has 1 saturated heterocycles. The highest BCUT2D eigenvalue weighted by molar-refractivity contribution is 5.88. The van der Waals surface area contributed by atoms with Crippen LogP contribution in [0.3, 0.4) is 0 Å². The van der Waals surface area contributed by atoms with Crippen LogP contribution in [0.1, 0.15) is 42.6 Å². The van der Waals surface area contributed by atoms with Crippen LogP contribution in [0.5, 0.6) is 0 Å². The lowest BCUT2D eigenvalue weighted by atomic mass is 9.97. The molecule has 1 aromatic heterocycles. The predicted octanol–water partition coefficient (Wildman–Crippen LogP) is 2.57. The van der Waals surface area contributed by atoms with Crippen molar-refractivity contribution in [3.05, 3.63) is 35.0 Å². The molecular formula is C20H26N2O3. The van der Waals surface area contributed by atoms with E-state index in [1.807, 2.05) is 0 Å². The molecule has 3 heterocycles. The summed E-state index contributed by atoms with van der Waals surface area (Å²) in [7, 11) is 3.54.